The van der Waals surface area contributed by atoms with Crippen LogP contribution in [0.5, 0.6) is 0 Å². The molecular weight excluding hydrogens is 444 g/mol. The van der Waals surface area contributed by atoms with E-state index in [4.69, 9.17) is 5.73 Å². The van der Waals surface area contributed by atoms with Gasteiger partial charge in [-0.25, -0.2) is 0 Å². The molecule has 1 aromatic heterocycles. The minimum atomic E-state index is -1.49. The van der Waals surface area contributed by atoms with E-state index in [1.54, 1.807) is 49.0 Å². The molecule has 3 atom stereocenters. The SMILES string of the molecule is CC(C)(c1ccc(Nc2nn([C@H]3CC[C@@H](N4CCCCC4)C[C@@H]3C#N)cc2C(N)=O)cc1)C(O)O. The fourth-order valence-corrected chi connectivity index (χ4v) is 5.31. The Hall–Kier alpha value is -2.93. The van der Waals surface area contributed by atoms with E-state index in [0.717, 1.165) is 37.9 Å². The van der Waals surface area contributed by atoms with Gasteiger partial charge in [0.15, 0.2) is 12.1 Å². The fraction of sp³-hybridized carbons (Fsp3) is 0.577. The quantitative estimate of drug-likeness (QED) is 0.447. The second-order valence-corrected chi connectivity index (χ2v) is 10.4. The Balaban J connectivity index is 1.52. The van der Waals surface area contributed by atoms with Crippen LogP contribution < -0.4 is 11.1 Å². The lowest BCUT2D eigenvalue weighted by atomic mass is 9.81. The summed E-state index contributed by atoms with van der Waals surface area (Å²) in [5.41, 5.74) is 6.56. The molecule has 1 amide bonds. The zero-order valence-corrected chi connectivity index (χ0v) is 20.5. The third-order valence-corrected chi connectivity index (χ3v) is 7.73. The van der Waals surface area contributed by atoms with Gasteiger partial charge in [0.2, 0.25) is 0 Å². The average Bonchev–Trinajstić information content (AvgIpc) is 3.28. The highest BCUT2D eigenvalue weighted by Crippen LogP contribution is 2.37. The number of nitrogens with one attached hydrogen (secondary N) is 1. The number of carbonyl (C=O) groups is 1. The van der Waals surface area contributed by atoms with Gasteiger partial charge >= 0.3 is 0 Å². The first kappa shape index (κ1) is 25.2. The van der Waals surface area contributed by atoms with E-state index >= 15 is 0 Å². The minimum absolute atomic E-state index is 0.107. The van der Waals surface area contributed by atoms with Crippen molar-refractivity contribution in [2.45, 2.75) is 76.2 Å². The summed E-state index contributed by atoms with van der Waals surface area (Å²) in [5.74, 6) is -0.424. The second kappa shape index (κ2) is 10.4. The number of primary amides is 1. The van der Waals surface area contributed by atoms with E-state index in [1.165, 1.54) is 19.3 Å². The molecule has 1 aliphatic carbocycles. The molecule has 2 aliphatic rings. The molecular formula is C26H36N6O3. The van der Waals surface area contributed by atoms with Gasteiger partial charge in [-0.15, -0.1) is 0 Å². The monoisotopic (exact) mass is 480 g/mol. The first-order chi connectivity index (χ1) is 16.7. The molecule has 2 heterocycles. The highest BCUT2D eigenvalue weighted by Gasteiger charge is 2.36. The molecule has 5 N–H and O–H groups in total. The Labute approximate surface area is 206 Å². The van der Waals surface area contributed by atoms with Crippen LogP contribution in [-0.4, -0.2) is 56.2 Å². The van der Waals surface area contributed by atoms with Gasteiger partial charge in [0.05, 0.1) is 18.0 Å². The van der Waals surface area contributed by atoms with Crippen molar-refractivity contribution >= 4 is 17.4 Å². The number of anilines is 2. The number of hydrogen-bond donors (Lipinski definition) is 4. The molecule has 0 bridgehead atoms. The van der Waals surface area contributed by atoms with Crippen molar-refractivity contribution in [3.63, 3.8) is 0 Å². The summed E-state index contributed by atoms with van der Waals surface area (Å²) in [7, 11) is 0. The Morgan fingerprint density at radius 3 is 2.49 bits per heavy atom. The molecule has 1 aromatic carbocycles. The summed E-state index contributed by atoms with van der Waals surface area (Å²) < 4.78 is 1.74. The molecule has 188 valence electrons. The highest BCUT2D eigenvalue weighted by atomic mass is 16.5. The third-order valence-electron chi connectivity index (χ3n) is 7.73. The number of aliphatic hydroxyl groups is 2. The predicted octanol–water partition coefficient (Wildman–Crippen LogP) is 3.03. The molecule has 0 spiro atoms. The first-order valence-electron chi connectivity index (χ1n) is 12.5. The number of nitrogens with two attached hydrogens (primary N) is 1. The molecule has 0 radical (unpaired) electrons. The largest absolute Gasteiger partial charge is 0.367 e. The van der Waals surface area contributed by atoms with Crippen molar-refractivity contribution < 1.29 is 15.0 Å². The van der Waals surface area contributed by atoms with E-state index in [1.807, 2.05) is 0 Å². The highest BCUT2D eigenvalue weighted by molar-refractivity contribution is 5.98. The van der Waals surface area contributed by atoms with Gasteiger partial charge in [-0.3, -0.25) is 9.48 Å². The van der Waals surface area contributed by atoms with Crippen molar-refractivity contribution in [1.82, 2.24) is 14.7 Å². The van der Waals surface area contributed by atoms with Crippen molar-refractivity contribution in [3.05, 3.63) is 41.6 Å². The third kappa shape index (κ3) is 5.35. The number of nitriles is 1. The Morgan fingerprint density at radius 2 is 1.89 bits per heavy atom. The van der Waals surface area contributed by atoms with E-state index in [9.17, 15) is 20.3 Å². The van der Waals surface area contributed by atoms with Gasteiger partial charge in [0.25, 0.3) is 5.91 Å². The van der Waals surface area contributed by atoms with Crippen LogP contribution in [0.4, 0.5) is 11.5 Å². The molecule has 4 rings (SSSR count). The maximum Gasteiger partial charge on any atom is 0.254 e. The van der Waals surface area contributed by atoms with Gasteiger partial charge in [0, 0.05) is 23.3 Å². The van der Waals surface area contributed by atoms with Gasteiger partial charge < -0.3 is 26.2 Å². The maximum absolute atomic E-state index is 12.2. The molecule has 1 saturated heterocycles. The van der Waals surface area contributed by atoms with Crippen molar-refractivity contribution in [2.75, 3.05) is 18.4 Å². The van der Waals surface area contributed by atoms with Crippen LogP contribution in [0.25, 0.3) is 0 Å². The smallest absolute Gasteiger partial charge is 0.254 e. The van der Waals surface area contributed by atoms with E-state index in [-0.39, 0.29) is 17.5 Å². The molecule has 1 saturated carbocycles. The van der Waals surface area contributed by atoms with E-state index in [2.05, 4.69) is 21.4 Å². The number of benzene rings is 1. The minimum Gasteiger partial charge on any atom is -0.367 e. The van der Waals surface area contributed by atoms with Crippen LogP contribution >= 0.6 is 0 Å². The molecule has 2 fully saturated rings. The number of carbonyl (C=O) groups excluding carboxylic acids is 1. The van der Waals surface area contributed by atoms with Gasteiger partial charge in [-0.2, -0.15) is 10.4 Å². The summed E-state index contributed by atoms with van der Waals surface area (Å²) in [4.78, 5) is 14.7. The van der Waals surface area contributed by atoms with Gasteiger partial charge in [0.1, 0.15) is 5.56 Å². The van der Waals surface area contributed by atoms with Crippen LogP contribution in [0, 0.1) is 17.2 Å². The summed E-state index contributed by atoms with van der Waals surface area (Å²) in [5, 5.41) is 37.0. The number of hydrogen-bond acceptors (Lipinski definition) is 7. The molecule has 35 heavy (non-hydrogen) atoms. The van der Waals surface area contributed by atoms with Crippen molar-refractivity contribution in [1.29, 1.82) is 5.26 Å². The average molecular weight is 481 g/mol. The zero-order valence-electron chi connectivity index (χ0n) is 20.5. The van der Waals surface area contributed by atoms with Gasteiger partial charge in [-0.1, -0.05) is 32.4 Å². The lowest BCUT2D eigenvalue weighted by Gasteiger charge is -2.40. The zero-order chi connectivity index (χ0) is 25.2. The van der Waals surface area contributed by atoms with Crippen LogP contribution in [0.15, 0.2) is 30.5 Å². The summed E-state index contributed by atoms with van der Waals surface area (Å²) >= 11 is 0. The Kier molecular flexibility index (Phi) is 7.45. The van der Waals surface area contributed by atoms with Crippen LogP contribution in [0.2, 0.25) is 0 Å². The summed E-state index contributed by atoms with van der Waals surface area (Å²) in [6.07, 6.45) is 6.55. The van der Waals surface area contributed by atoms with Crippen LogP contribution in [0.3, 0.4) is 0 Å². The lowest BCUT2D eigenvalue weighted by Crippen LogP contribution is -2.44. The second-order valence-electron chi connectivity index (χ2n) is 10.4. The summed E-state index contributed by atoms with van der Waals surface area (Å²) in [6, 6.07) is 10.0. The number of nitrogens with zero attached hydrogens (tertiary/aromatic N) is 4. The number of aromatic nitrogens is 2. The normalized spacial score (nSPS) is 23.7. The first-order valence-corrected chi connectivity index (χ1v) is 12.5. The molecule has 9 nitrogen and oxygen atoms in total. The standard InChI is InChI=1S/C26H36N6O3/c1-26(2,25(34)35)18-6-8-19(9-7-18)29-24-21(23(28)33)16-32(30-24)22-11-10-20(14-17(22)15-27)31-12-4-3-5-13-31/h6-9,16-17,20,22,25,34-35H,3-5,10-14H2,1-2H3,(H2,28,33)(H,29,30)/t17-,20-,22+/m1/s1. The van der Waals surface area contributed by atoms with Crippen molar-refractivity contribution in [2.24, 2.45) is 11.7 Å². The Morgan fingerprint density at radius 1 is 1.20 bits per heavy atom. The summed E-state index contributed by atoms with van der Waals surface area (Å²) in [6.45, 7) is 5.72. The van der Waals surface area contributed by atoms with E-state index < -0.39 is 17.6 Å². The van der Waals surface area contributed by atoms with Gasteiger partial charge in [-0.05, 0) is 62.9 Å². The maximum atomic E-state index is 12.2. The molecule has 0 unspecified atom stereocenters. The van der Waals surface area contributed by atoms with E-state index in [0.29, 0.717) is 17.5 Å². The number of amides is 1. The molecule has 9 heteroatoms. The predicted molar refractivity (Wildman–Crippen MR) is 133 cm³/mol. The van der Waals surface area contributed by atoms with Crippen LogP contribution in [-0.2, 0) is 5.41 Å². The molecule has 1 aliphatic heterocycles. The topological polar surface area (TPSA) is 140 Å². The number of likely N-dealkylation sites (tertiary alicyclic amines) is 1. The number of piperidine rings is 1. The fourth-order valence-electron chi connectivity index (χ4n) is 5.31. The lowest BCUT2D eigenvalue weighted by molar-refractivity contribution is -0.0890. The van der Waals surface area contributed by atoms with Crippen molar-refractivity contribution in [3.8, 4) is 6.07 Å². The molecule has 2 aromatic rings. The number of rotatable bonds is 7. The van der Waals surface area contributed by atoms with Crippen LogP contribution in [0.1, 0.15) is 74.3 Å². The Bertz CT molecular complexity index is 1070. The number of aliphatic hydroxyl groups excluding tert-OH is 1.